The van der Waals surface area contributed by atoms with Crippen LogP contribution in [0.5, 0.6) is 11.6 Å². The van der Waals surface area contributed by atoms with Gasteiger partial charge in [-0.15, -0.1) is 0 Å². The van der Waals surface area contributed by atoms with E-state index in [1.165, 1.54) is 5.56 Å². The second kappa shape index (κ2) is 6.80. The van der Waals surface area contributed by atoms with Crippen LogP contribution in [0.2, 0.25) is 0 Å². The number of anilines is 1. The molecule has 0 fully saturated rings. The van der Waals surface area contributed by atoms with Crippen LogP contribution in [0.3, 0.4) is 0 Å². The summed E-state index contributed by atoms with van der Waals surface area (Å²) in [6.45, 7) is 4.76. The van der Waals surface area contributed by atoms with Gasteiger partial charge in [0.1, 0.15) is 5.75 Å². The third-order valence-corrected chi connectivity index (χ3v) is 3.03. The number of ether oxygens (including phenoxy) is 2. The summed E-state index contributed by atoms with van der Waals surface area (Å²) in [4.78, 5) is 4.18. The molecule has 20 heavy (non-hydrogen) atoms. The van der Waals surface area contributed by atoms with Gasteiger partial charge in [0.05, 0.1) is 19.4 Å². The van der Waals surface area contributed by atoms with Gasteiger partial charge in [-0.05, 0) is 43.7 Å². The molecule has 106 valence electrons. The molecule has 0 saturated heterocycles. The highest BCUT2D eigenvalue weighted by molar-refractivity contribution is 5.53. The topological polar surface area (TPSA) is 43.4 Å². The molecule has 0 bridgehead atoms. The largest absolute Gasteiger partial charge is 0.494 e. The Morgan fingerprint density at radius 1 is 1.20 bits per heavy atom. The molecule has 1 N–H and O–H groups in total. The first-order chi connectivity index (χ1) is 9.74. The molecule has 0 aliphatic heterocycles. The van der Waals surface area contributed by atoms with Crippen LogP contribution in [0, 0.1) is 0 Å². The number of hydrogen-bond acceptors (Lipinski definition) is 4. The van der Waals surface area contributed by atoms with E-state index in [1.54, 1.807) is 13.3 Å². The molecule has 1 heterocycles. The lowest BCUT2D eigenvalue weighted by molar-refractivity contribution is 0.340. The maximum Gasteiger partial charge on any atom is 0.237 e. The second-order valence-electron chi connectivity index (χ2n) is 4.43. The standard InChI is InChI=1S/C16H20N2O2/c1-4-20-14-9-7-13(8-10-14)12(2)18-15-6-5-11-17-16(15)19-3/h5-12,18H,4H2,1-3H3. The minimum absolute atomic E-state index is 0.156. The second-order valence-corrected chi connectivity index (χ2v) is 4.43. The molecule has 0 aliphatic rings. The lowest BCUT2D eigenvalue weighted by Gasteiger charge is -2.17. The molecular weight excluding hydrogens is 252 g/mol. The number of nitrogens with one attached hydrogen (secondary N) is 1. The van der Waals surface area contributed by atoms with Crippen LogP contribution in [0.4, 0.5) is 5.69 Å². The average molecular weight is 272 g/mol. The number of rotatable bonds is 6. The third-order valence-electron chi connectivity index (χ3n) is 3.03. The fraction of sp³-hybridized carbons (Fsp3) is 0.312. The van der Waals surface area contributed by atoms with Crippen molar-refractivity contribution in [2.75, 3.05) is 19.0 Å². The smallest absolute Gasteiger partial charge is 0.237 e. The maximum atomic E-state index is 5.44. The Morgan fingerprint density at radius 2 is 1.95 bits per heavy atom. The summed E-state index contributed by atoms with van der Waals surface area (Å²) < 4.78 is 10.7. The van der Waals surface area contributed by atoms with Crippen LogP contribution in [0.1, 0.15) is 25.5 Å². The van der Waals surface area contributed by atoms with E-state index in [4.69, 9.17) is 9.47 Å². The Balaban J connectivity index is 2.09. The van der Waals surface area contributed by atoms with E-state index >= 15 is 0 Å². The maximum absolute atomic E-state index is 5.44. The predicted molar refractivity (Wildman–Crippen MR) is 80.4 cm³/mol. The summed E-state index contributed by atoms with van der Waals surface area (Å²) in [5, 5.41) is 3.40. The zero-order valence-corrected chi connectivity index (χ0v) is 12.1. The van der Waals surface area contributed by atoms with Crippen molar-refractivity contribution in [1.82, 2.24) is 4.98 Å². The molecule has 1 unspecified atom stereocenters. The van der Waals surface area contributed by atoms with E-state index in [2.05, 4.69) is 29.4 Å². The predicted octanol–water partition coefficient (Wildman–Crippen LogP) is 3.66. The molecular formula is C16H20N2O2. The van der Waals surface area contributed by atoms with Gasteiger partial charge in [-0.3, -0.25) is 0 Å². The van der Waals surface area contributed by atoms with Gasteiger partial charge in [0.15, 0.2) is 0 Å². The monoisotopic (exact) mass is 272 g/mol. The van der Waals surface area contributed by atoms with Gasteiger partial charge in [0, 0.05) is 12.2 Å². The van der Waals surface area contributed by atoms with Crippen molar-refractivity contribution in [3.63, 3.8) is 0 Å². The van der Waals surface area contributed by atoms with Crippen molar-refractivity contribution in [3.8, 4) is 11.6 Å². The first kappa shape index (κ1) is 14.2. The highest BCUT2D eigenvalue weighted by Gasteiger charge is 2.09. The summed E-state index contributed by atoms with van der Waals surface area (Å²) in [5.41, 5.74) is 2.07. The Bertz CT molecular complexity index is 540. The van der Waals surface area contributed by atoms with E-state index < -0.39 is 0 Å². The van der Waals surface area contributed by atoms with Gasteiger partial charge in [-0.25, -0.2) is 4.98 Å². The fourth-order valence-corrected chi connectivity index (χ4v) is 2.00. The van der Waals surface area contributed by atoms with E-state index in [9.17, 15) is 0 Å². The Labute approximate surface area is 119 Å². The number of nitrogens with zero attached hydrogens (tertiary/aromatic N) is 1. The van der Waals surface area contributed by atoms with Crippen LogP contribution in [0.25, 0.3) is 0 Å². The van der Waals surface area contributed by atoms with Crippen molar-refractivity contribution < 1.29 is 9.47 Å². The third kappa shape index (κ3) is 3.41. The molecule has 0 spiro atoms. The fourth-order valence-electron chi connectivity index (χ4n) is 2.00. The zero-order chi connectivity index (χ0) is 14.4. The van der Waals surface area contributed by atoms with Crippen molar-refractivity contribution in [1.29, 1.82) is 0 Å². The van der Waals surface area contributed by atoms with Crippen LogP contribution in [-0.4, -0.2) is 18.7 Å². The Morgan fingerprint density at radius 3 is 2.60 bits per heavy atom. The molecule has 4 nitrogen and oxygen atoms in total. The van der Waals surface area contributed by atoms with Crippen molar-refractivity contribution in [2.24, 2.45) is 0 Å². The van der Waals surface area contributed by atoms with Crippen molar-refractivity contribution in [2.45, 2.75) is 19.9 Å². The number of pyridine rings is 1. The molecule has 0 saturated carbocycles. The minimum atomic E-state index is 0.156. The summed E-state index contributed by atoms with van der Waals surface area (Å²) in [5.74, 6) is 1.49. The summed E-state index contributed by atoms with van der Waals surface area (Å²) in [7, 11) is 1.62. The Kier molecular flexibility index (Phi) is 4.82. The lowest BCUT2D eigenvalue weighted by Crippen LogP contribution is -2.08. The number of methoxy groups -OCH3 is 1. The molecule has 2 aromatic rings. The van der Waals surface area contributed by atoms with Crippen molar-refractivity contribution in [3.05, 3.63) is 48.2 Å². The molecule has 0 radical (unpaired) electrons. The van der Waals surface area contributed by atoms with E-state index in [-0.39, 0.29) is 6.04 Å². The molecule has 4 heteroatoms. The normalized spacial score (nSPS) is 11.8. The summed E-state index contributed by atoms with van der Waals surface area (Å²) in [6.07, 6.45) is 1.71. The Hall–Kier alpha value is -2.23. The SMILES string of the molecule is CCOc1ccc(C(C)Nc2cccnc2OC)cc1. The summed E-state index contributed by atoms with van der Waals surface area (Å²) in [6, 6.07) is 12.1. The molecule has 1 aromatic carbocycles. The van der Waals surface area contributed by atoms with Gasteiger partial charge in [-0.1, -0.05) is 12.1 Å². The zero-order valence-electron chi connectivity index (χ0n) is 12.1. The van der Waals surface area contributed by atoms with Gasteiger partial charge in [0.25, 0.3) is 0 Å². The van der Waals surface area contributed by atoms with Gasteiger partial charge < -0.3 is 14.8 Å². The molecule has 1 aromatic heterocycles. The average Bonchev–Trinajstić information content (AvgIpc) is 2.49. The first-order valence-electron chi connectivity index (χ1n) is 6.73. The van der Waals surface area contributed by atoms with E-state index in [0.717, 1.165) is 11.4 Å². The number of hydrogen-bond donors (Lipinski definition) is 1. The van der Waals surface area contributed by atoms with Gasteiger partial charge in [-0.2, -0.15) is 0 Å². The van der Waals surface area contributed by atoms with Gasteiger partial charge >= 0.3 is 0 Å². The molecule has 0 aliphatic carbocycles. The molecule has 1 atom stereocenters. The lowest BCUT2D eigenvalue weighted by atomic mass is 10.1. The van der Waals surface area contributed by atoms with Crippen LogP contribution < -0.4 is 14.8 Å². The van der Waals surface area contributed by atoms with Crippen LogP contribution in [0.15, 0.2) is 42.6 Å². The van der Waals surface area contributed by atoms with Crippen molar-refractivity contribution >= 4 is 5.69 Å². The molecule has 2 rings (SSSR count). The van der Waals surface area contributed by atoms with E-state index in [1.807, 2.05) is 31.2 Å². The number of benzene rings is 1. The highest BCUT2D eigenvalue weighted by atomic mass is 16.5. The first-order valence-corrected chi connectivity index (χ1v) is 6.73. The number of aromatic nitrogens is 1. The minimum Gasteiger partial charge on any atom is -0.494 e. The highest BCUT2D eigenvalue weighted by Crippen LogP contribution is 2.26. The van der Waals surface area contributed by atoms with Crippen LogP contribution in [-0.2, 0) is 0 Å². The quantitative estimate of drug-likeness (QED) is 0.871. The van der Waals surface area contributed by atoms with Crippen LogP contribution >= 0.6 is 0 Å². The molecule has 0 amide bonds. The van der Waals surface area contributed by atoms with E-state index in [0.29, 0.717) is 12.5 Å². The van der Waals surface area contributed by atoms with Gasteiger partial charge in [0.2, 0.25) is 5.88 Å². The summed E-state index contributed by atoms with van der Waals surface area (Å²) >= 11 is 0.